The van der Waals surface area contributed by atoms with Gasteiger partial charge in [-0.25, -0.2) is 9.97 Å². The number of thiazole rings is 1. The lowest BCUT2D eigenvalue weighted by Gasteiger charge is -2.69. The van der Waals surface area contributed by atoms with E-state index >= 15 is 0 Å². The van der Waals surface area contributed by atoms with E-state index in [1.165, 1.54) is 30.6 Å². The molecule has 2 atom stereocenters. The molecule has 3 N–H and O–H groups in total. The lowest BCUT2D eigenvalue weighted by molar-refractivity contribution is -0.239. The van der Waals surface area contributed by atoms with E-state index in [4.69, 9.17) is 14.8 Å². The van der Waals surface area contributed by atoms with Crippen molar-refractivity contribution < 1.29 is 19.7 Å². The van der Waals surface area contributed by atoms with Gasteiger partial charge in [-0.3, -0.25) is 14.8 Å². The Morgan fingerprint density at radius 2 is 1.71 bits per heavy atom. The number of hydrogen-bond donors (Lipinski definition) is 3. The van der Waals surface area contributed by atoms with Crippen LogP contribution in [0.15, 0.2) is 79.0 Å². The Hall–Kier alpha value is -4.48. The second-order valence-corrected chi connectivity index (χ2v) is 17.6. The quantitative estimate of drug-likeness (QED) is 0.135. The van der Waals surface area contributed by atoms with E-state index in [2.05, 4.69) is 35.8 Å². The van der Waals surface area contributed by atoms with Crippen LogP contribution in [0.3, 0.4) is 0 Å². The number of fused-ring (bicyclic) bond motifs is 2. The normalized spacial score (nSPS) is 26.5. The van der Waals surface area contributed by atoms with E-state index < -0.39 is 6.29 Å². The third-order valence-corrected chi connectivity index (χ3v) is 13.0. The van der Waals surface area contributed by atoms with Gasteiger partial charge in [0.25, 0.3) is 5.91 Å². The van der Waals surface area contributed by atoms with Gasteiger partial charge in [-0.2, -0.15) is 5.10 Å². The molecule has 4 aliphatic rings. The van der Waals surface area contributed by atoms with Gasteiger partial charge in [0, 0.05) is 41.6 Å². The fourth-order valence-corrected chi connectivity index (χ4v) is 12.0. The standard InChI is InChI=1S/C42H43N5O4S/c1-25-31(17-43-47(25)24-41-19-39(2)18-40(3,20-41)22-42(21-39,23-41)51-4)28-14-15-32(44-35(28)37(49)50)27-13-12-26-8-7-9-29(30(26)16-27)36(48)46-38-45-33-10-5-6-11-34(33)52-38/h5-17,37,49-50H,18-24H2,1-4H3,(H,45,46,48). The first-order valence-corrected chi connectivity index (χ1v) is 18.8. The average molecular weight is 714 g/mol. The maximum Gasteiger partial charge on any atom is 0.258 e. The molecule has 0 aliphatic heterocycles. The number of ether oxygens (including phenoxy) is 1. The highest BCUT2D eigenvalue weighted by Crippen LogP contribution is 2.72. The molecular weight excluding hydrogens is 671 g/mol. The molecule has 52 heavy (non-hydrogen) atoms. The van der Waals surface area contributed by atoms with Crippen LogP contribution >= 0.6 is 11.3 Å². The first kappa shape index (κ1) is 33.4. The Bertz CT molecular complexity index is 2350. The van der Waals surface area contributed by atoms with E-state index in [1.54, 1.807) is 6.07 Å². The molecule has 10 rings (SSSR count). The Balaban J connectivity index is 1.02. The molecule has 4 saturated carbocycles. The van der Waals surface area contributed by atoms with E-state index in [0.29, 0.717) is 22.0 Å². The van der Waals surface area contributed by atoms with Gasteiger partial charge in [0.15, 0.2) is 11.4 Å². The summed E-state index contributed by atoms with van der Waals surface area (Å²) in [6.45, 7) is 7.77. The van der Waals surface area contributed by atoms with Crippen LogP contribution in [0.1, 0.15) is 80.4 Å². The van der Waals surface area contributed by atoms with Crippen molar-refractivity contribution in [1.82, 2.24) is 19.7 Å². The minimum absolute atomic E-state index is 0.0696. The highest BCUT2D eigenvalue weighted by atomic mass is 32.1. The van der Waals surface area contributed by atoms with E-state index in [0.717, 1.165) is 63.6 Å². The summed E-state index contributed by atoms with van der Waals surface area (Å²) in [7, 11) is 1.89. The molecule has 0 spiro atoms. The van der Waals surface area contributed by atoms with Crippen LogP contribution in [0.25, 0.3) is 43.4 Å². The predicted molar refractivity (Wildman–Crippen MR) is 204 cm³/mol. The Kier molecular flexibility index (Phi) is 7.55. The number of carbonyl (C=O) groups excluding carboxylic acids is 1. The zero-order valence-corrected chi connectivity index (χ0v) is 30.8. The number of pyridine rings is 1. The molecule has 9 nitrogen and oxygen atoms in total. The molecule has 1 amide bonds. The van der Waals surface area contributed by atoms with Crippen LogP contribution in [-0.2, 0) is 11.3 Å². The molecule has 3 heterocycles. The van der Waals surface area contributed by atoms with E-state index in [-0.39, 0.29) is 33.4 Å². The number of hydrogen-bond acceptors (Lipinski definition) is 8. The molecule has 0 radical (unpaired) electrons. The number of amides is 1. The minimum Gasteiger partial charge on any atom is -0.378 e. The van der Waals surface area contributed by atoms with Crippen molar-refractivity contribution in [3.63, 3.8) is 0 Å². The van der Waals surface area contributed by atoms with Crippen LogP contribution in [0.2, 0.25) is 0 Å². The number of methoxy groups -OCH3 is 1. The van der Waals surface area contributed by atoms with Crippen LogP contribution in [0.4, 0.5) is 5.13 Å². The Labute approximate surface area is 306 Å². The van der Waals surface area contributed by atoms with Gasteiger partial charge in [-0.05, 0) is 103 Å². The maximum atomic E-state index is 13.6. The van der Waals surface area contributed by atoms with Crippen LogP contribution in [0.5, 0.6) is 0 Å². The van der Waals surface area contributed by atoms with Crippen molar-refractivity contribution in [2.24, 2.45) is 16.2 Å². The van der Waals surface area contributed by atoms with Crippen molar-refractivity contribution in [1.29, 1.82) is 0 Å². The molecule has 4 aliphatic carbocycles. The average Bonchev–Trinajstić information content (AvgIpc) is 3.67. The van der Waals surface area contributed by atoms with Gasteiger partial charge in [0.1, 0.15) is 5.69 Å². The number of benzene rings is 3. The zero-order chi connectivity index (χ0) is 36.0. The molecule has 4 bridgehead atoms. The van der Waals surface area contributed by atoms with Gasteiger partial charge in [0.2, 0.25) is 0 Å². The van der Waals surface area contributed by atoms with Crippen LogP contribution in [0, 0.1) is 23.2 Å². The summed E-state index contributed by atoms with van der Waals surface area (Å²) < 4.78 is 9.42. The smallest absolute Gasteiger partial charge is 0.258 e. The topological polar surface area (TPSA) is 122 Å². The number of rotatable bonds is 8. The molecular formula is C42H43N5O4S. The predicted octanol–water partition coefficient (Wildman–Crippen LogP) is 8.68. The van der Waals surface area contributed by atoms with Crippen molar-refractivity contribution in [3.8, 4) is 22.4 Å². The molecule has 4 fully saturated rings. The van der Waals surface area contributed by atoms with Gasteiger partial charge in [-0.1, -0.05) is 67.6 Å². The lowest BCUT2D eigenvalue weighted by Crippen LogP contribution is -2.64. The fraction of sp³-hybridized carbons (Fsp3) is 0.381. The molecule has 10 heteroatoms. The molecule has 3 aromatic heterocycles. The second kappa shape index (κ2) is 11.8. The van der Waals surface area contributed by atoms with Crippen LogP contribution in [-0.4, -0.2) is 48.6 Å². The summed E-state index contributed by atoms with van der Waals surface area (Å²) in [6.07, 6.45) is 6.93. The first-order chi connectivity index (χ1) is 24.9. The molecule has 3 aromatic carbocycles. The zero-order valence-electron chi connectivity index (χ0n) is 29.9. The Morgan fingerprint density at radius 3 is 2.46 bits per heavy atom. The number of anilines is 1. The van der Waals surface area contributed by atoms with Crippen molar-refractivity contribution in [3.05, 3.63) is 95.9 Å². The molecule has 6 aromatic rings. The molecule has 0 saturated heterocycles. The minimum atomic E-state index is -1.79. The number of aromatic nitrogens is 4. The Morgan fingerprint density at radius 1 is 0.923 bits per heavy atom. The van der Waals surface area contributed by atoms with Gasteiger partial charge in [0.05, 0.1) is 27.7 Å². The van der Waals surface area contributed by atoms with Gasteiger partial charge in [-0.15, -0.1) is 0 Å². The summed E-state index contributed by atoms with van der Waals surface area (Å²) >= 11 is 1.43. The lowest BCUT2D eigenvalue weighted by atomic mass is 9.39. The number of nitrogens with one attached hydrogen (secondary N) is 1. The van der Waals surface area contributed by atoms with Crippen LogP contribution < -0.4 is 5.32 Å². The largest absolute Gasteiger partial charge is 0.378 e. The number of aliphatic hydroxyl groups is 2. The third-order valence-electron chi connectivity index (χ3n) is 12.1. The monoisotopic (exact) mass is 713 g/mol. The summed E-state index contributed by atoms with van der Waals surface area (Å²) in [5, 5.41) is 31.3. The first-order valence-electron chi connectivity index (χ1n) is 18.0. The summed E-state index contributed by atoms with van der Waals surface area (Å²) in [5.41, 5.74) is 5.84. The van der Waals surface area contributed by atoms with Crippen molar-refractivity contribution in [2.45, 2.75) is 77.7 Å². The summed E-state index contributed by atoms with van der Waals surface area (Å²) in [4.78, 5) is 22.9. The summed E-state index contributed by atoms with van der Waals surface area (Å²) in [5.74, 6) is -0.252. The van der Waals surface area contributed by atoms with Crippen molar-refractivity contribution in [2.75, 3.05) is 12.4 Å². The number of para-hydroxylation sites is 1. The highest BCUT2D eigenvalue weighted by Gasteiger charge is 2.66. The number of nitrogens with zero attached hydrogens (tertiary/aromatic N) is 4. The van der Waals surface area contributed by atoms with Gasteiger partial charge >= 0.3 is 0 Å². The highest BCUT2D eigenvalue weighted by molar-refractivity contribution is 7.22. The number of carbonyl (C=O) groups is 1. The molecule has 266 valence electrons. The fourth-order valence-electron chi connectivity index (χ4n) is 11.2. The van der Waals surface area contributed by atoms with Crippen molar-refractivity contribution >= 4 is 43.4 Å². The van der Waals surface area contributed by atoms with E-state index in [9.17, 15) is 15.0 Å². The number of aliphatic hydroxyl groups excluding tert-OH is 1. The second-order valence-electron chi connectivity index (χ2n) is 16.6. The molecule has 2 unspecified atom stereocenters. The SMILES string of the molecule is COC12CC3(C)CC(C)(CC(Cn4ncc(-c5ccc(-c6ccc7cccc(C(=O)Nc8nc9ccccc9s8)c7c6)nc5C(O)O)c4C)(C3)C1)C2. The summed E-state index contributed by atoms with van der Waals surface area (Å²) in [6, 6.07) is 23.0. The maximum absolute atomic E-state index is 13.6. The van der Waals surface area contributed by atoms with E-state index in [1.807, 2.05) is 80.0 Å². The third kappa shape index (κ3) is 5.55. The van der Waals surface area contributed by atoms with Gasteiger partial charge < -0.3 is 14.9 Å².